The molecule has 1 atom stereocenters. The molecule has 0 fully saturated rings. The van der Waals surface area contributed by atoms with Crippen LogP contribution in [0.15, 0.2) is 0 Å². The van der Waals surface area contributed by atoms with Crippen LogP contribution in [0.1, 0.15) is 26.7 Å². The third-order valence-electron chi connectivity index (χ3n) is 2.20. The zero-order valence-electron chi connectivity index (χ0n) is 8.60. The van der Waals surface area contributed by atoms with E-state index in [1.165, 1.54) is 0 Å². The van der Waals surface area contributed by atoms with Gasteiger partial charge in [-0.1, -0.05) is 13.3 Å². The maximum Gasteiger partial charge on any atom is 0.326 e. The molecule has 0 saturated heterocycles. The van der Waals surface area contributed by atoms with Gasteiger partial charge < -0.3 is 14.7 Å². The van der Waals surface area contributed by atoms with Gasteiger partial charge in [0.15, 0.2) is 0 Å². The predicted molar refractivity (Wildman–Crippen MR) is 53.9 cm³/mol. The summed E-state index contributed by atoms with van der Waals surface area (Å²) in [5, 5.41) is 0. The maximum absolute atomic E-state index is 10.6. The topological polar surface area (TPSA) is 60.8 Å². The summed E-state index contributed by atoms with van der Waals surface area (Å²) in [6.45, 7) is 4.64. The third kappa shape index (κ3) is 7.20. The number of hydrogen-bond acceptors (Lipinski definition) is 2. The van der Waals surface area contributed by atoms with Crippen LogP contribution in [0.4, 0.5) is 0 Å². The molecule has 0 amide bonds. The molecule has 0 saturated carbocycles. The van der Waals surface area contributed by atoms with E-state index in [2.05, 4.69) is 13.8 Å². The van der Waals surface area contributed by atoms with Crippen molar-refractivity contribution in [1.82, 2.24) is 4.90 Å². The second kappa shape index (κ2) is 5.76. The molecule has 0 aliphatic heterocycles. The van der Waals surface area contributed by atoms with E-state index in [1.807, 2.05) is 11.9 Å². The molecule has 13 heavy (non-hydrogen) atoms. The molecule has 0 unspecified atom stereocenters. The molecule has 80 valence electrons. The lowest BCUT2D eigenvalue weighted by atomic mass is 10.2. The summed E-state index contributed by atoms with van der Waals surface area (Å²) in [5.74, 6) is 0. The van der Waals surface area contributed by atoms with Gasteiger partial charge in [0.1, 0.15) is 0 Å². The number of hydrogen-bond donors (Lipinski definition) is 2. The van der Waals surface area contributed by atoms with E-state index in [0.717, 1.165) is 12.8 Å². The molecule has 0 aromatic rings. The fourth-order valence-electron chi connectivity index (χ4n) is 1.15. The zero-order chi connectivity index (χ0) is 10.5. The van der Waals surface area contributed by atoms with Gasteiger partial charge in [-0.15, -0.1) is 0 Å². The largest absolute Gasteiger partial charge is 0.326 e. The lowest BCUT2D eigenvalue weighted by Gasteiger charge is -2.24. The van der Waals surface area contributed by atoms with Gasteiger partial charge >= 0.3 is 7.60 Å². The molecule has 0 rings (SSSR count). The lowest BCUT2D eigenvalue weighted by molar-refractivity contribution is 0.252. The average Bonchev–Trinajstić information content (AvgIpc) is 1.99. The van der Waals surface area contributed by atoms with Crippen LogP contribution in [0, 0.1) is 0 Å². The van der Waals surface area contributed by atoms with Crippen molar-refractivity contribution in [3.63, 3.8) is 0 Å². The molecule has 0 aliphatic rings. The number of nitrogens with zero attached hydrogens (tertiary/aromatic N) is 1. The van der Waals surface area contributed by atoms with Gasteiger partial charge in [-0.2, -0.15) is 0 Å². The minimum absolute atomic E-state index is 0.0441. The zero-order valence-corrected chi connectivity index (χ0v) is 9.50. The summed E-state index contributed by atoms with van der Waals surface area (Å²) < 4.78 is 10.6. The highest BCUT2D eigenvalue weighted by atomic mass is 31.2. The van der Waals surface area contributed by atoms with Crippen molar-refractivity contribution in [2.24, 2.45) is 0 Å². The predicted octanol–water partition coefficient (Wildman–Crippen LogP) is 1.28. The van der Waals surface area contributed by atoms with E-state index in [0.29, 0.717) is 12.6 Å². The lowest BCUT2D eigenvalue weighted by Crippen LogP contribution is -2.31. The van der Waals surface area contributed by atoms with Crippen molar-refractivity contribution in [1.29, 1.82) is 0 Å². The molecule has 5 heteroatoms. The molecule has 0 aromatic heterocycles. The van der Waals surface area contributed by atoms with E-state index >= 15 is 0 Å². The van der Waals surface area contributed by atoms with Crippen molar-refractivity contribution >= 4 is 7.60 Å². The Balaban J connectivity index is 3.73. The molecule has 0 spiro atoms. The van der Waals surface area contributed by atoms with Crippen molar-refractivity contribution in [2.45, 2.75) is 32.7 Å². The molecule has 4 nitrogen and oxygen atoms in total. The highest BCUT2D eigenvalue weighted by molar-refractivity contribution is 7.51. The van der Waals surface area contributed by atoms with Crippen LogP contribution in [0.3, 0.4) is 0 Å². The highest BCUT2D eigenvalue weighted by Crippen LogP contribution is 2.33. The summed E-state index contributed by atoms with van der Waals surface area (Å²) in [6, 6.07) is 0.400. The first-order valence-electron chi connectivity index (χ1n) is 4.61. The van der Waals surface area contributed by atoms with Crippen LogP contribution in [0.25, 0.3) is 0 Å². The van der Waals surface area contributed by atoms with E-state index in [-0.39, 0.29) is 6.16 Å². The monoisotopic (exact) mass is 209 g/mol. The van der Waals surface area contributed by atoms with Crippen molar-refractivity contribution < 1.29 is 14.4 Å². The highest BCUT2D eigenvalue weighted by Gasteiger charge is 2.15. The molecule has 0 bridgehead atoms. The van der Waals surface area contributed by atoms with Gasteiger partial charge in [0.05, 0.1) is 6.16 Å². The van der Waals surface area contributed by atoms with Crippen LogP contribution in [0.2, 0.25) is 0 Å². The van der Waals surface area contributed by atoms with Crippen LogP contribution in [-0.2, 0) is 4.57 Å². The van der Waals surface area contributed by atoms with Gasteiger partial charge in [0, 0.05) is 12.6 Å². The molecule has 0 radical (unpaired) electrons. The Labute approximate surface area is 80.1 Å². The van der Waals surface area contributed by atoms with Crippen molar-refractivity contribution in [3.05, 3.63) is 0 Å². The number of rotatable bonds is 6. The SMILES string of the molecule is CCC[C@H](C)N(C)CCP(=O)(O)O. The molecule has 2 N–H and O–H groups in total. The summed E-state index contributed by atoms with van der Waals surface area (Å²) in [5.41, 5.74) is 0. The Kier molecular flexibility index (Phi) is 5.81. The minimum atomic E-state index is -3.82. The van der Waals surface area contributed by atoms with Crippen LogP contribution >= 0.6 is 7.60 Å². The van der Waals surface area contributed by atoms with E-state index in [9.17, 15) is 4.57 Å². The Hall–Kier alpha value is 0.110. The van der Waals surface area contributed by atoms with Crippen LogP contribution < -0.4 is 0 Å². The summed E-state index contributed by atoms with van der Waals surface area (Å²) >= 11 is 0. The third-order valence-corrected chi connectivity index (χ3v) is 2.99. The summed E-state index contributed by atoms with van der Waals surface area (Å²) in [7, 11) is -1.92. The first kappa shape index (κ1) is 13.1. The molecule has 0 aromatic carbocycles. The maximum atomic E-state index is 10.6. The van der Waals surface area contributed by atoms with E-state index in [4.69, 9.17) is 9.79 Å². The summed E-state index contributed by atoms with van der Waals surface area (Å²) in [6.07, 6.45) is 2.12. The van der Waals surface area contributed by atoms with Crippen LogP contribution in [-0.4, -0.2) is 40.5 Å². The minimum Gasteiger partial charge on any atom is -0.324 e. The van der Waals surface area contributed by atoms with E-state index in [1.54, 1.807) is 0 Å². The van der Waals surface area contributed by atoms with Gasteiger partial charge in [0.2, 0.25) is 0 Å². The second-order valence-corrected chi connectivity index (χ2v) is 5.28. The quantitative estimate of drug-likeness (QED) is 0.647. The molecular formula is C8H20NO3P. The molecule has 0 heterocycles. The first-order chi connectivity index (χ1) is 5.87. The van der Waals surface area contributed by atoms with Gasteiger partial charge in [-0.3, -0.25) is 4.57 Å². The van der Waals surface area contributed by atoms with Gasteiger partial charge in [-0.05, 0) is 20.4 Å². The Morgan fingerprint density at radius 3 is 2.38 bits per heavy atom. The smallest absolute Gasteiger partial charge is 0.324 e. The Morgan fingerprint density at radius 2 is 2.00 bits per heavy atom. The van der Waals surface area contributed by atoms with Crippen molar-refractivity contribution in [2.75, 3.05) is 19.8 Å². The fraction of sp³-hybridized carbons (Fsp3) is 1.00. The second-order valence-electron chi connectivity index (χ2n) is 3.51. The molecule has 0 aliphatic carbocycles. The first-order valence-corrected chi connectivity index (χ1v) is 6.41. The molecular weight excluding hydrogens is 189 g/mol. The Bertz CT molecular complexity index is 180. The van der Waals surface area contributed by atoms with Gasteiger partial charge in [0.25, 0.3) is 0 Å². The summed E-state index contributed by atoms with van der Waals surface area (Å²) in [4.78, 5) is 19.3. The van der Waals surface area contributed by atoms with Crippen molar-refractivity contribution in [3.8, 4) is 0 Å². The standard InChI is InChI=1S/C8H20NO3P/c1-4-5-8(2)9(3)6-7-13(10,11)12/h8H,4-7H2,1-3H3,(H2,10,11,12)/t8-/m0/s1. The van der Waals surface area contributed by atoms with E-state index < -0.39 is 7.60 Å². The average molecular weight is 209 g/mol. The van der Waals surface area contributed by atoms with Crippen LogP contribution in [0.5, 0.6) is 0 Å². The normalized spacial score (nSPS) is 14.9. The van der Waals surface area contributed by atoms with Gasteiger partial charge in [-0.25, -0.2) is 0 Å². The fourth-order valence-corrected chi connectivity index (χ4v) is 1.72. The Morgan fingerprint density at radius 1 is 1.46 bits per heavy atom.